The van der Waals surface area contributed by atoms with Gasteiger partial charge in [0.25, 0.3) is 0 Å². The van der Waals surface area contributed by atoms with Gasteiger partial charge >= 0.3 is 0 Å². The van der Waals surface area contributed by atoms with Crippen molar-refractivity contribution in [2.24, 2.45) is 0 Å². The molecule has 1 aliphatic rings. The minimum Gasteiger partial charge on any atom is -0.503 e. The van der Waals surface area contributed by atoms with Crippen molar-refractivity contribution in [3.63, 3.8) is 0 Å². The number of hydrogen-bond donors (Lipinski definition) is 0. The zero-order valence-corrected chi connectivity index (χ0v) is 33.2. The van der Waals surface area contributed by atoms with Gasteiger partial charge in [0, 0.05) is 84.0 Å². The van der Waals surface area contributed by atoms with E-state index in [-0.39, 0.29) is 21.1 Å². The van der Waals surface area contributed by atoms with Crippen LogP contribution < -0.4 is 14.5 Å². The summed E-state index contributed by atoms with van der Waals surface area (Å²) in [6.07, 6.45) is 3.92. The van der Waals surface area contributed by atoms with Crippen molar-refractivity contribution in [1.82, 2.24) is 14.0 Å². The van der Waals surface area contributed by atoms with E-state index in [1.165, 1.54) is 38.7 Å². The van der Waals surface area contributed by atoms with Crippen LogP contribution in [0.25, 0.3) is 54.8 Å². The predicted molar refractivity (Wildman–Crippen MR) is 224 cm³/mol. The number of hydrogen-bond acceptors (Lipinski definition) is 4. The second-order valence-corrected chi connectivity index (χ2v) is 14.4. The molecule has 0 radical (unpaired) electrons. The van der Waals surface area contributed by atoms with Crippen molar-refractivity contribution in [2.75, 3.05) is 9.80 Å². The van der Waals surface area contributed by atoms with Crippen LogP contribution in [0.15, 0.2) is 146 Å². The summed E-state index contributed by atoms with van der Waals surface area (Å²) in [5.74, 6) is 1.21. The smallest absolute Gasteiger partial charge is 0.0610 e. The van der Waals surface area contributed by atoms with Gasteiger partial charge < -0.3 is 23.5 Å². The summed E-state index contributed by atoms with van der Waals surface area (Å²) in [7, 11) is 0. The molecule has 274 valence electrons. The minimum atomic E-state index is 0. The van der Waals surface area contributed by atoms with Crippen molar-refractivity contribution in [1.29, 1.82) is 0 Å². The van der Waals surface area contributed by atoms with E-state index < -0.39 is 0 Å². The molecular weight excluding hydrogens is 870 g/mol. The number of rotatable bonds is 5. The number of para-hydroxylation sites is 4. The van der Waals surface area contributed by atoms with E-state index in [9.17, 15) is 0 Å². The van der Waals surface area contributed by atoms with Crippen LogP contribution in [0.4, 0.5) is 22.7 Å². The molecule has 0 N–H and O–H groups in total. The van der Waals surface area contributed by atoms with Crippen LogP contribution in [0.3, 0.4) is 0 Å². The van der Waals surface area contributed by atoms with Crippen molar-refractivity contribution in [3.8, 4) is 17.2 Å². The number of nitrogens with zero attached hydrogens (tertiary/aromatic N) is 5. The molecule has 6 nitrogen and oxygen atoms in total. The first-order valence-electron chi connectivity index (χ1n) is 18.5. The summed E-state index contributed by atoms with van der Waals surface area (Å²) in [6.45, 7) is 8.66. The molecule has 4 heterocycles. The van der Waals surface area contributed by atoms with Crippen LogP contribution in [-0.4, -0.2) is 14.0 Å². The van der Waals surface area contributed by atoms with Gasteiger partial charge in [0.2, 0.25) is 0 Å². The Labute approximate surface area is 339 Å². The molecule has 0 spiro atoms. The Kier molecular flexibility index (Phi) is 8.02. The van der Waals surface area contributed by atoms with Crippen LogP contribution in [0.2, 0.25) is 0 Å². The second-order valence-electron chi connectivity index (χ2n) is 14.4. The van der Waals surface area contributed by atoms with Gasteiger partial charge in [-0.25, -0.2) is 0 Å². The van der Waals surface area contributed by atoms with E-state index >= 15 is 0 Å². The molecule has 0 fully saturated rings. The summed E-state index contributed by atoms with van der Waals surface area (Å²) in [5.41, 5.74) is 13.4. The molecule has 0 aliphatic carbocycles. The topological polar surface area (TPSA) is 37.9 Å². The Morgan fingerprint density at radius 1 is 0.625 bits per heavy atom. The van der Waals surface area contributed by atoms with Gasteiger partial charge in [-0.2, -0.15) is 6.07 Å². The number of benzene rings is 7. The third-order valence-corrected chi connectivity index (χ3v) is 10.9. The number of anilines is 4. The number of imidazole rings is 1. The third-order valence-electron chi connectivity index (χ3n) is 10.9. The number of aromatic nitrogens is 3. The molecule has 0 amide bonds. The fourth-order valence-corrected chi connectivity index (χ4v) is 8.76. The molecule has 11 rings (SSSR count). The SMILES string of the molecule is Cc1cc(C)c(N2[CH-]N(c3[c-]c(Oc4[c-]c5c(cc4)c4ccc6c(c7ccccc7n6-c6ccccc6)c4n4ccnc54)ccc3)c3ccccc32)c(C)c1.[Pt]. The maximum absolute atomic E-state index is 6.55. The maximum atomic E-state index is 6.55. The third kappa shape index (κ3) is 5.17. The molecule has 3 aromatic heterocycles. The first kappa shape index (κ1) is 34.2. The van der Waals surface area contributed by atoms with Crippen LogP contribution in [-0.2, 0) is 21.1 Å². The fourth-order valence-electron chi connectivity index (χ4n) is 8.76. The minimum absolute atomic E-state index is 0. The van der Waals surface area contributed by atoms with Gasteiger partial charge in [0.05, 0.1) is 16.7 Å². The molecule has 0 saturated carbocycles. The molecule has 0 bridgehead atoms. The maximum Gasteiger partial charge on any atom is 0.0610 e. The summed E-state index contributed by atoms with van der Waals surface area (Å²) < 4.78 is 11.1. The Hall–Kier alpha value is -6.36. The van der Waals surface area contributed by atoms with Crippen LogP contribution in [0.1, 0.15) is 16.7 Å². The molecular formula is C49H34N5OPt-3. The van der Waals surface area contributed by atoms with E-state index in [0.29, 0.717) is 11.5 Å². The van der Waals surface area contributed by atoms with E-state index in [1.54, 1.807) is 0 Å². The molecule has 0 atom stereocenters. The van der Waals surface area contributed by atoms with Crippen molar-refractivity contribution in [2.45, 2.75) is 20.8 Å². The van der Waals surface area contributed by atoms with Crippen LogP contribution in [0, 0.1) is 39.6 Å². The molecule has 7 heteroatoms. The van der Waals surface area contributed by atoms with Crippen molar-refractivity contribution in [3.05, 3.63) is 181 Å². The number of ether oxygens (including phenoxy) is 1. The summed E-state index contributed by atoms with van der Waals surface area (Å²) >= 11 is 0. The monoisotopic (exact) mass is 903 g/mol. The summed E-state index contributed by atoms with van der Waals surface area (Å²) in [5, 5.41) is 5.50. The number of fused-ring (bicyclic) bond motifs is 11. The van der Waals surface area contributed by atoms with Gasteiger partial charge in [-0.15, -0.1) is 42.7 Å². The van der Waals surface area contributed by atoms with Gasteiger partial charge in [-0.05, 0) is 73.7 Å². The van der Waals surface area contributed by atoms with Gasteiger partial charge in [-0.1, -0.05) is 89.1 Å². The van der Waals surface area contributed by atoms with Gasteiger partial charge in [-0.3, -0.25) is 4.98 Å². The quantitative estimate of drug-likeness (QED) is 0.127. The normalized spacial score (nSPS) is 12.6. The standard InChI is InChI=1S/C49H34N5O.Pt/c1-31-26-32(2)47(33(3)27-31)53-30-52(43-18-9-10-19-44(43)53)35-14-11-15-36(28-35)55-37-20-21-38-39-22-23-45-46(48(39)51-25-24-50-49(51)41(38)29-37)40-16-7-8-17-42(40)54(45)34-12-5-4-6-13-34;/h4-27,30H,1-3H3;/q-3;. The van der Waals surface area contributed by atoms with Crippen LogP contribution >= 0.6 is 0 Å². The van der Waals surface area contributed by atoms with Crippen molar-refractivity contribution < 1.29 is 25.8 Å². The average Bonchev–Trinajstić information content (AvgIpc) is 3.93. The predicted octanol–water partition coefficient (Wildman–Crippen LogP) is 12.5. The Morgan fingerprint density at radius 3 is 2.16 bits per heavy atom. The van der Waals surface area contributed by atoms with E-state index in [4.69, 9.17) is 9.72 Å². The average molecular weight is 904 g/mol. The first-order chi connectivity index (χ1) is 27.0. The summed E-state index contributed by atoms with van der Waals surface area (Å²) in [6, 6.07) is 54.0. The van der Waals surface area contributed by atoms with Crippen LogP contribution in [0.5, 0.6) is 11.5 Å². The Balaban J connectivity index is 0.00000384. The zero-order valence-electron chi connectivity index (χ0n) is 30.9. The second kappa shape index (κ2) is 13.1. The van der Waals surface area contributed by atoms with Gasteiger partial charge in [0.15, 0.2) is 0 Å². The Morgan fingerprint density at radius 2 is 1.34 bits per heavy atom. The fraction of sp³-hybridized carbons (Fsp3) is 0.0612. The molecule has 56 heavy (non-hydrogen) atoms. The summed E-state index contributed by atoms with van der Waals surface area (Å²) in [4.78, 5) is 9.34. The number of aryl methyl sites for hydroxylation is 3. The molecule has 10 aromatic rings. The molecule has 0 saturated heterocycles. The van der Waals surface area contributed by atoms with Gasteiger partial charge in [0.1, 0.15) is 0 Å². The molecule has 7 aromatic carbocycles. The van der Waals surface area contributed by atoms with Crippen molar-refractivity contribution >= 4 is 71.9 Å². The molecule has 1 aliphatic heterocycles. The first-order valence-corrected chi connectivity index (χ1v) is 18.5. The van der Waals surface area contributed by atoms with E-state index in [2.05, 4.69) is 180 Å². The molecule has 0 unspecified atom stereocenters. The Bertz CT molecular complexity index is 3140. The van der Waals surface area contributed by atoms with E-state index in [0.717, 1.165) is 55.6 Å². The van der Waals surface area contributed by atoms with E-state index in [1.807, 2.05) is 24.4 Å². The zero-order chi connectivity index (χ0) is 36.8. The number of pyridine rings is 1. The largest absolute Gasteiger partial charge is 0.503 e.